The Hall–Kier alpha value is -1.71. The Morgan fingerprint density at radius 2 is 1.49 bits per heavy atom. The molecule has 1 aromatic heterocycles. The molecular weight excluding hydrogens is 557 g/mol. The highest BCUT2D eigenvalue weighted by molar-refractivity contribution is 7.79. The normalized spacial score (nSPS) is 17.6. The number of hydrogen-bond donors (Lipinski definition) is 3. The lowest BCUT2D eigenvalue weighted by Crippen LogP contribution is -2.33. The molecule has 9 heteroatoms. The molecule has 0 spiro atoms. The van der Waals surface area contributed by atoms with Crippen molar-refractivity contribution in [1.29, 1.82) is 0 Å². The lowest BCUT2D eigenvalue weighted by molar-refractivity contribution is -0.289. The van der Waals surface area contributed by atoms with Gasteiger partial charge in [0, 0.05) is 28.1 Å². The quantitative estimate of drug-likeness (QED) is 0.235. The van der Waals surface area contributed by atoms with Crippen LogP contribution < -0.4 is 0 Å². The number of aliphatic hydroxyl groups is 2. The number of aromatic nitrogens is 1. The second-order valence-electron chi connectivity index (χ2n) is 12.8. The second kappa shape index (κ2) is 14.2. The molecule has 234 valence electrons. The van der Waals surface area contributed by atoms with E-state index in [4.69, 9.17) is 4.98 Å². The van der Waals surface area contributed by atoms with Crippen molar-refractivity contribution in [2.75, 3.05) is 6.26 Å². The van der Waals surface area contributed by atoms with Gasteiger partial charge in [0.2, 0.25) is 0 Å². The summed E-state index contributed by atoms with van der Waals surface area (Å²) in [6, 6.07) is 3.55. The van der Waals surface area contributed by atoms with Crippen molar-refractivity contribution < 1.29 is 32.2 Å². The average Bonchev–Trinajstić information content (AvgIpc) is 2.86. The summed E-state index contributed by atoms with van der Waals surface area (Å²) in [4.78, 5) is 4.81. The van der Waals surface area contributed by atoms with Crippen molar-refractivity contribution in [3.8, 4) is 0 Å². The van der Waals surface area contributed by atoms with E-state index >= 15 is 0 Å². The monoisotopic (exact) mass is 605 g/mol. The number of halogens is 5. The van der Waals surface area contributed by atoms with Crippen LogP contribution in [0.25, 0.3) is 0 Å². The Balaban J connectivity index is 0.000000931. The topological polar surface area (TPSA) is 53.4 Å². The van der Waals surface area contributed by atoms with Gasteiger partial charge in [0.15, 0.2) is 0 Å². The Morgan fingerprint density at radius 3 is 1.88 bits per heavy atom. The third-order valence-electron chi connectivity index (χ3n) is 7.40. The Morgan fingerprint density at radius 1 is 1.00 bits per heavy atom. The first-order valence-corrected chi connectivity index (χ1v) is 15.0. The highest BCUT2D eigenvalue weighted by atomic mass is 32.1. The third kappa shape index (κ3) is 9.14. The van der Waals surface area contributed by atoms with E-state index in [1.54, 1.807) is 6.26 Å². The predicted octanol–water partition coefficient (Wildman–Crippen LogP) is 9.50. The maximum Gasteiger partial charge on any atom is 0.458 e. The van der Waals surface area contributed by atoms with Gasteiger partial charge in [-0.3, -0.25) is 4.98 Å². The van der Waals surface area contributed by atoms with E-state index in [1.807, 2.05) is 20.8 Å². The number of benzene rings is 1. The van der Waals surface area contributed by atoms with Crippen LogP contribution in [0.3, 0.4) is 0 Å². The van der Waals surface area contributed by atoms with E-state index in [2.05, 4.69) is 54.2 Å². The van der Waals surface area contributed by atoms with Crippen molar-refractivity contribution in [2.45, 2.75) is 118 Å². The van der Waals surface area contributed by atoms with Gasteiger partial charge in [-0.1, -0.05) is 93.0 Å². The minimum atomic E-state index is -5.71. The number of aliphatic hydroxyl groups excluding tert-OH is 2. The van der Waals surface area contributed by atoms with Crippen molar-refractivity contribution in [1.82, 2.24) is 4.98 Å². The minimum absolute atomic E-state index is 0.0822. The molecule has 0 amide bonds. The van der Waals surface area contributed by atoms with E-state index in [9.17, 15) is 32.2 Å². The fraction of sp³-hybridized carbons (Fsp3) is 0.656. The molecule has 2 aromatic rings. The number of thiol groups is 1. The smallest absolute Gasteiger partial charge is 0.388 e. The van der Waals surface area contributed by atoms with Crippen LogP contribution in [0.5, 0.6) is 0 Å². The van der Waals surface area contributed by atoms with Gasteiger partial charge in [-0.15, -0.1) is 0 Å². The molecule has 2 unspecified atom stereocenters. The highest BCUT2D eigenvalue weighted by Gasteiger charge is 2.58. The third-order valence-corrected chi connectivity index (χ3v) is 7.40. The fourth-order valence-electron chi connectivity index (χ4n) is 4.75. The Bertz CT molecular complexity index is 1120. The summed E-state index contributed by atoms with van der Waals surface area (Å²) >= 11 is 3.53. The molecule has 1 aromatic carbocycles. The van der Waals surface area contributed by atoms with Crippen LogP contribution in [0, 0.1) is 10.8 Å². The maximum atomic E-state index is 13.7. The summed E-state index contributed by atoms with van der Waals surface area (Å²) in [7, 11) is 0. The number of rotatable bonds is 5. The lowest BCUT2D eigenvalue weighted by atomic mass is 9.72. The second-order valence-corrected chi connectivity index (χ2v) is 12.8. The average molecular weight is 606 g/mol. The lowest BCUT2D eigenvalue weighted by Gasteiger charge is -2.37. The highest BCUT2D eigenvalue weighted by Crippen LogP contribution is 2.46. The number of fused-ring (bicyclic) bond motifs is 1. The molecule has 0 saturated heterocycles. The van der Waals surface area contributed by atoms with E-state index in [0.717, 1.165) is 23.4 Å². The van der Waals surface area contributed by atoms with Crippen LogP contribution in [0.2, 0.25) is 0 Å². The molecule has 2 N–H and O–H groups in total. The van der Waals surface area contributed by atoms with Crippen molar-refractivity contribution in [3.05, 3.63) is 63.5 Å². The molecule has 0 fully saturated rings. The van der Waals surface area contributed by atoms with E-state index in [0.29, 0.717) is 53.6 Å². The van der Waals surface area contributed by atoms with Gasteiger partial charge in [-0.25, -0.2) is 0 Å². The van der Waals surface area contributed by atoms with Gasteiger partial charge < -0.3 is 10.2 Å². The maximum absolute atomic E-state index is 13.7. The van der Waals surface area contributed by atoms with Crippen molar-refractivity contribution in [2.24, 2.45) is 10.8 Å². The predicted molar refractivity (Wildman–Crippen MR) is 160 cm³/mol. The summed E-state index contributed by atoms with van der Waals surface area (Å²) < 4.78 is 65.5. The van der Waals surface area contributed by atoms with Gasteiger partial charge in [0.25, 0.3) is 0 Å². The van der Waals surface area contributed by atoms with Crippen LogP contribution in [-0.2, 0) is 18.8 Å². The summed E-state index contributed by atoms with van der Waals surface area (Å²) in [6.45, 7) is 18.8. The standard InChI is InChI=1S/C25H30F5NO2.C6H14.CH4S/c1-6-16-19-17(11-23(4,5)12-18(19)32)31-21(13(2)3)20(16)22(33)14-7-9-15(10-8-14)24(26,27)25(28,29)30;1-5-6(2,3)4;1-2/h7-10,13,18,22,32-33H,6,11-12H2,1-5H3;5H2,1-4H3;2H,1H3. The molecule has 0 saturated carbocycles. The van der Waals surface area contributed by atoms with Crippen molar-refractivity contribution >= 4 is 12.6 Å². The molecule has 1 heterocycles. The van der Waals surface area contributed by atoms with Crippen LogP contribution in [0.4, 0.5) is 22.0 Å². The fourth-order valence-corrected chi connectivity index (χ4v) is 4.75. The van der Waals surface area contributed by atoms with E-state index in [-0.39, 0.29) is 16.9 Å². The van der Waals surface area contributed by atoms with Crippen LogP contribution in [0.1, 0.15) is 132 Å². The number of hydrogen-bond acceptors (Lipinski definition) is 4. The Kier molecular flexibility index (Phi) is 12.9. The molecule has 2 atom stereocenters. The Labute approximate surface area is 248 Å². The first-order valence-electron chi connectivity index (χ1n) is 14.1. The first-order chi connectivity index (χ1) is 18.7. The number of nitrogens with zero attached hydrogens (tertiary/aromatic N) is 1. The number of alkyl halides is 5. The molecule has 1 aliphatic rings. The van der Waals surface area contributed by atoms with Gasteiger partial charge in [0.05, 0.1) is 6.10 Å². The minimum Gasteiger partial charge on any atom is -0.388 e. The molecule has 0 radical (unpaired) electrons. The summed E-state index contributed by atoms with van der Waals surface area (Å²) in [5.41, 5.74) is 2.74. The van der Waals surface area contributed by atoms with Crippen LogP contribution >= 0.6 is 12.6 Å². The van der Waals surface area contributed by atoms with E-state index < -0.39 is 29.9 Å². The van der Waals surface area contributed by atoms with Gasteiger partial charge >= 0.3 is 12.1 Å². The largest absolute Gasteiger partial charge is 0.458 e. The molecule has 0 aliphatic heterocycles. The van der Waals surface area contributed by atoms with Crippen LogP contribution in [0.15, 0.2) is 24.3 Å². The summed E-state index contributed by atoms with van der Waals surface area (Å²) in [5.74, 6) is -5.07. The zero-order valence-electron chi connectivity index (χ0n) is 26.0. The SMILES string of the molecule is CCC(C)(C)C.CCc1c2c(nc(C(C)C)c1C(O)c1ccc(C(F)(F)C(F)(F)F)cc1)CC(C)(C)CC2O.CS. The molecular formula is C32H48F5NO2S. The zero-order chi connectivity index (χ0) is 32.1. The molecule has 3 nitrogen and oxygen atoms in total. The van der Waals surface area contributed by atoms with E-state index in [1.165, 1.54) is 6.42 Å². The van der Waals surface area contributed by atoms with Crippen molar-refractivity contribution in [3.63, 3.8) is 0 Å². The summed E-state index contributed by atoms with van der Waals surface area (Å²) in [5, 5.41) is 22.2. The summed E-state index contributed by atoms with van der Waals surface area (Å²) in [6.07, 6.45) is -3.08. The zero-order valence-corrected chi connectivity index (χ0v) is 26.9. The first kappa shape index (κ1) is 37.3. The molecule has 1 aliphatic carbocycles. The van der Waals surface area contributed by atoms with Crippen LogP contribution in [-0.4, -0.2) is 27.6 Å². The van der Waals surface area contributed by atoms with Gasteiger partial charge in [-0.2, -0.15) is 34.6 Å². The molecule has 3 rings (SSSR count). The molecule has 41 heavy (non-hydrogen) atoms. The van der Waals surface area contributed by atoms with Gasteiger partial charge in [0.1, 0.15) is 6.10 Å². The molecule has 0 bridgehead atoms. The number of pyridine rings is 1. The van der Waals surface area contributed by atoms with Gasteiger partial charge in [-0.05, 0) is 53.4 Å².